The number of piperidine rings is 1. The largest absolute Gasteiger partial charge is 0.497 e. The van der Waals surface area contributed by atoms with Crippen molar-refractivity contribution in [2.24, 2.45) is 5.92 Å². The molecule has 1 aromatic carbocycles. The highest BCUT2D eigenvalue weighted by Crippen LogP contribution is 2.25. The highest BCUT2D eigenvalue weighted by atomic mass is 32.2. The highest BCUT2D eigenvalue weighted by Gasteiger charge is 2.21. The number of benzene rings is 1. The molecule has 1 aliphatic rings. The predicted molar refractivity (Wildman–Crippen MR) is 122 cm³/mol. The lowest BCUT2D eigenvalue weighted by Gasteiger charge is -2.32. The monoisotopic (exact) mass is 444 g/mol. The number of carbonyl (C=O) groups excluding carboxylic acids is 1. The first-order chi connectivity index (χ1) is 15.1. The minimum absolute atomic E-state index is 0.0797. The van der Waals surface area contributed by atoms with Gasteiger partial charge in [0, 0.05) is 55.6 Å². The Morgan fingerprint density at radius 3 is 2.77 bits per heavy atom. The molecule has 0 radical (unpaired) electrons. The average Bonchev–Trinajstić information content (AvgIpc) is 2.82. The van der Waals surface area contributed by atoms with Crippen LogP contribution < -0.4 is 14.8 Å². The number of thioether (sulfide) groups is 1. The van der Waals surface area contributed by atoms with Crippen LogP contribution in [-0.2, 0) is 17.9 Å². The van der Waals surface area contributed by atoms with E-state index in [1.54, 1.807) is 26.0 Å². The van der Waals surface area contributed by atoms with Crippen molar-refractivity contribution in [1.82, 2.24) is 20.2 Å². The fourth-order valence-corrected chi connectivity index (χ4v) is 4.25. The molecule has 0 saturated carbocycles. The maximum atomic E-state index is 12.4. The molecule has 1 amide bonds. The van der Waals surface area contributed by atoms with Crippen LogP contribution in [0.15, 0.2) is 35.7 Å². The molecule has 0 bridgehead atoms. The fraction of sp³-hybridized carbons (Fsp3) is 0.522. The van der Waals surface area contributed by atoms with Gasteiger partial charge in [0.25, 0.3) is 0 Å². The number of nitrogens with one attached hydrogen (secondary N) is 1. The maximum Gasteiger partial charge on any atom is 0.220 e. The zero-order valence-electron chi connectivity index (χ0n) is 18.6. The van der Waals surface area contributed by atoms with Gasteiger partial charge in [-0.25, -0.2) is 9.97 Å². The van der Waals surface area contributed by atoms with E-state index in [1.807, 2.05) is 36.8 Å². The lowest BCUT2D eigenvalue weighted by molar-refractivity contribution is -0.121. The zero-order valence-corrected chi connectivity index (χ0v) is 19.4. The van der Waals surface area contributed by atoms with Crippen LogP contribution in [0.4, 0.5) is 0 Å². The molecule has 7 nitrogen and oxygen atoms in total. The summed E-state index contributed by atoms with van der Waals surface area (Å²) in [5.74, 6) is 2.08. The summed E-state index contributed by atoms with van der Waals surface area (Å²) >= 11 is 1.55. The van der Waals surface area contributed by atoms with Crippen LogP contribution in [0, 0.1) is 5.92 Å². The van der Waals surface area contributed by atoms with E-state index in [9.17, 15) is 4.79 Å². The normalized spacial score (nSPS) is 16.7. The van der Waals surface area contributed by atoms with Crippen molar-refractivity contribution >= 4 is 17.7 Å². The molecule has 1 aliphatic heterocycles. The maximum absolute atomic E-state index is 12.4. The first-order valence-corrected chi connectivity index (χ1v) is 11.9. The van der Waals surface area contributed by atoms with Crippen molar-refractivity contribution in [2.75, 3.05) is 33.6 Å². The van der Waals surface area contributed by atoms with Crippen molar-refractivity contribution < 1.29 is 14.3 Å². The average molecular weight is 445 g/mol. The van der Waals surface area contributed by atoms with Crippen LogP contribution in [0.3, 0.4) is 0 Å². The van der Waals surface area contributed by atoms with E-state index in [-0.39, 0.29) is 5.91 Å². The van der Waals surface area contributed by atoms with E-state index in [4.69, 9.17) is 9.47 Å². The molecule has 0 spiro atoms. The number of amides is 1. The van der Waals surface area contributed by atoms with Crippen molar-refractivity contribution in [3.63, 3.8) is 0 Å². The first kappa shape index (κ1) is 23.3. The SMILES string of the molecule is COc1ccc(CNC(=O)CCC2CCCN(Cc3cnc(SC)nc3)C2)c(OC)c1. The molecule has 31 heavy (non-hydrogen) atoms. The Hall–Kier alpha value is -2.32. The van der Waals surface area contributed by atoms with Gasteiger partial charge in [-0.15, -0.1) is 0 Å². The third kappa shape index (κ3) is 7.11. The van der Waals surface area contributed by atoms with Crippen molar-refractivity contribution in [3.8, 4) is 11.5 Å². The Morgan fingerprint density at radius 1 is 1.26 bits per heavy atom. The van der Waals surface area contributed by atoms with E-state index < -0.39 is 0 Å². The quantitative estimate of drug-likeness (QED) is 0.444. The Morgan fingerprint density at radius 2 is 2.06 bits per heavy atom. The molecule has 1 fully saturated rings. The number of likely N-dealkylation sites (tertiary alicyclic amines) is 1. The Balaban J connectivity index is 1.42. The third-order valence-electron chi connectivity index (χ3n) is 5.62. The zero-order chi connectivity index (χ0) is 22.1. The van der Waals surface area contributed by atoms with Gasteiger partial charge in [-0.1, -0.05) is 11.8 Å². The van der Waals surface area contributed by atoms with Crippen LogP contribution in [0.2, 0.25) is 0 Å². The van der Waals surface area contributed by atoms with Gasteiger partial charge in [0.05, 0.1) is 14.2 Å². The van der Waals surface area contributed by atoms with Crippen molar-refractivity contribution in [3.05, 3.63) is 41.7 Å². The van der Waals surface area contributed by atoms with Gasteiger partial charge in [0.1, 0.15) is 11.5 Å². The van der Waals surface area contributed by atoms with Gasteiger partial charge in [-0.3, -0.25) is 9.69 Å². The van der Waals surface area contributed by atoms with Gasteiger partial charge in [-0.2, -0.15) is 0 Å². The number of hydrogen-bond donors (Lipinski definition) is 1. The lowest BCUT2D eigenvalue weighted by Crippen LogP contribution is -2.35. The van der Waals surface area contributed by atoms with Gasteiger partial charge in [0.15, 0.2) is 5.16 Å². The van der Waals surface area contributed by atoms with Crippen LogP contribution in [0.1, 0.15) is 36.8 Å². The standard InChI is InChI=1S/C23H32N4O3S/c1-29-20-8-7-19(21(11-20)30-2)14-24-22(28)9-6-17-5-4-10-27(15-17)16-18-12-25-23(31-3)26-13-18/h7-8,11-13,17H,4-6,9-10,14-16H2,1-3H3,(H,24,28). The molecule has 2 aromatic rings. The smallest absolute Gasteiger partial charge is 0.220 e. The summed E-state index contributed by atoms with van der Waals surface area (Å²) in [4.78, 5) is 23.6. The van der Waals surface area contributed by atoms with E-state index in [1.165, 1.54) is 12.8 Å². The molecule has 0 aliphatic carbocycles. The predicted octanol–water partition coefficient (Wildman–Crippen LogP) is 3.52. The Labute approximate surface area is 188 Å². The molecule has 1 atom stereocenters. The van der Waals surface area contributed by atoms with Gasteiger partial charge in [-0.05, 0) is 50.1 Å². The molecular formula is C23H32N4O3S. The fourth-order valence-electron chi connectivity index (χ4n) is 3.93. The Bertz CT molecular complexity index is 847. The van der Waals surface area contributed by atoms with Crippen LogP contribution in [0.25, 0.3) is 0 Å². The molecular weight excluding hydrogens is 412 g/mol. The number of hydrogen-bond acceptors (Lipinski definition) is 7. The van der Waals surface area contributed by atoms with E-state index in [0.717, 1.165) is 53.8 Å². The van der Waals surface area contributed by atoms with E-state index in [0.29, 0.717) is 18.9 Å². The summed E-state index contributed by atoms with van der Waals surface area (Å²) in [6.45, 7) is 3.43. The second-order valence-electron chi connectivity index (χ2n) is 7.81. The topological polar surface area (TPSA) is 76.6 Å². The third-order valence-corrected chi connectivity index (χ3v) is 6.20. The summed E-state index contributed by atoms with van der Waals surface area (Å²) < 4.78 is 10.6. The molecule has 8 heteroatoms. The van der Waals surface area contributed by atoms with Gasteiger partial charge in [0.2, 0.25) is 5.91 Å². The molecule has 1 unspecified atom stereocenters. The Kier molecular flexibility index (Phi) is 8.97. The van der Waals surface area contributed by atoms with Crippen molar-refractivity contribution in [1.29, 1.82) is 0 Å². The highest BCUT2D eigenvalue weighted by molar-refractivity contribution is 7.98. The molecule has 1 N–H and O–H groups in total. The summed E-state index contributed by atoms with van der Waals surface area (Å²) in [6, 6.07) is 5.63. The number of aromatic nitrogens is 2. The number of nitrogens with zero attached hydrogens (tertiary/aromatic N) is 3. The number of rotatable bonds is 10. The van der Waals surface area contributed by atoms with E-state index >= 15 is 0 Å². The minimum atomic E-state index is 0.0797. The first-order valence-electron chi connectivity index (χ1n) is 10.7. The van der Waals surface area contributed by atoms with Gasteiger partial charge < -0.3 is 14.8 Å². The molecule has 2 heterocycles. The van der Waals surface area contributed by atoms with Crippen LogP contribution in [-0.4, -0.2) is 54.3 Å². The summed E-state index contributed by atoms with van der Waals surface area (Å²) in [6.07, 6.45) is 9.62. The van der Waals surface area contributed by atoms with Crippen LogP contribution >= 0.6 is 11.8 Å². The second-order valence-corrected chi connectivity index (χ2v) is 8.59. The van der Waals surface area contributed by atoms with Crippen LogP contribution in [0.5, 0.6) is 11.5 Å². The summed E-state index contributed by atoms with van der Waals surface area (Å²) in [5, 5.41) is 3.82. The number of methoxy groups -OCH3 is 2. The van der Waals surface area contributed by atoms with E-state index in [2.05, 4.69) is 20.2 Å². The molecule has 1 saturated heterocycles. The summed E-state index contributed by atoms with van der Waals surface area (Å²) in [5.41, 5.74) is 2.08. The van der Waals surface area contributed by atoms with Crippen molar-refractivity contribution in [2.45, 2.75) is 43.9 Å². The number of carbonyl (C=O) groups is 1. The second kappa shape index (κ2) is 11.9. The summed E-state index contributed by atoms with van der Waals surface area (Å²) in [7, 11) is 3.25. The number of ether oxygens (including phenoxy) is 2. The molecule has 3 rings (SSSR count). The minimum Gasteiger partial charge on any atom is -0.497 e. The van der Waals surface area contributed by atoms with Gasteiger partial charge >= 0.3 is 0 Å². The lowest BCUT2D eigenvalue weighted by atomic mass is 9.93. The molecule has 168 valence electrons. The molecule has 1 aromatic heterocycles.